The van der Waals surface area contributed by atoms with Crippen molar-refractivity contribution in [1.82, 2.24) is 10.6 Å². The topological polar surface area (TPSA) is 84.3 Å². The summed E-state index contributed by atoms with van der Waals surface area (Å²) in [4.78, 5) is 20.5. The van der Waals surface area contributed by atoms with E-state index >= 15 is 0 Å². The summed E-state index contributed by atoms with van der Waals surface area (Å²) in [5.41, 5.74) is -0.797. The van der Waals surface area contributed by atoms with E-state index in [9.17, 15) is 23.7 Å². The molecular formula is C11H13F2N3O3. The van der Waals surface area contributed by atoms with Gasteiger partial charge >= 0.3 is 5.69 Å². The number of hydrogen-bond acceptors (Lipinski definition) is 4. The van der Waals surface area contributed by atoms with Crippen molar-refractivity contribution in [2.75, 3.05) is 13.6 Å². The van der Waals surface area contributed by atoms with E-state index in [0.29, 0.717) is 6.07 Å². The third-order valence-corrected chi connectivity index (χ3v) is 2.44. The summed E-state index contributed by atoms with van der Waals surface area (Å²) in [6.07, 6.45) is 0.196. The van der Waals surface area contributed by atoms with Crippen molar-refractivity contribution >= 4 is 11.6 Å². The predicted octanol–water partition coefficient (Wildman–Crippen LogP) is 1.10. The number of halogens is 2. The number of carbonyl (C=O) groups excluding carboxylic acids is 1. The van der Waals surface area contributed by atoms with Crippen LogP contribution in [0.15, 0.2) is 12.1 Å². The zero-order valence-electron chi connectivity index (χ0n) is 10.2. The number of hydrogen-bond donors (Lipinski definition) is 2. The number of carbonyl (C=O) groups is 1. The molecule has 2 N–H and O–H groups in total. The van der Waals surface area contributed by atoms with Gasteiger partial charge in [-0.05, 0) is 0 Å². The van der Waals surface area contributed by atoms with Gasteiger partial charge in [0.1, 0.15) is 5.82 Å². The summed E-state index contributed by atoms with van der Waals surface area (Å²) in [5.74, 6) is -2.26. The molecule has 0 aliphatic rings. The zero-order valence-corrected chi connectivity index (χ0v) is 10.2. The molecule has 0 aliphatic carbocycles. The molecule has 0 bridgehead atoms. The Morgan fingerprint density at radius 2 is 2.05 bits per heavy atom. The van der Waals surface area contributed by atoms with E-state index in [4.69, 9.17) is 0 Å². The number of nitro benzene ring substituents is 1. The van der Waals surface area contributed by atoms with Crippen LogP contribution in [0.3, 0.4) is 0 Å². The van der Waals surface area contributed by atoms with Crippen LogP contribution < -0.4 is 10.6 Å². The summed E-state index contributed by atoms with van der Waals surface area (Å²) in [5, 5.41) is 15.7. The van der Waals surface area contributed by atoms with Crippen molar-refractivity contribution in [3.63, 3.8) is 0 Å². The minimum atomic E-state index is -1.21. The van der Waals surface area contributed by atoms with Gasteiger partial charge in [0.25, 0.3) is 0 Å². The SMILES string of the molecule is CNC(=O)CCNCc1cc([N+](=O)[O-])c(F)cc1F. The van der Waals surface area contributed by atoms with Gasteiger partial charge < -0.3 is 10.6 Å². The second kappa shape index (κ2) is 6.74. The molecule has 1 aromatic rings. The van der Waals surface area contributed by atoms with Gasteiger partial charge in [-0.15, -0.1) is 0 Å². The van der Waals surface area contributed by atoms with Crippen LogP contribution in [0.2, 0.25) is 0 Å². The van der Waals surface area contributed by atoms with E-state index in [0.717, 1.165) is 6.07 Å². The Kier molecular flexibility index (Phi) is 5.31. The van der Waals surface area contributed by atoms with E-state index in [2.05, 4.69) is 10.6 Å². The second-order valence-corrected chi connectivity index (χ2v) is 3.75. The van der Waals surface area contributed by atoms with Crippen molar-refractivity contribution in [1.29, 1.82) is 0 Å². The lowest BCUT2D eigenvalue weighted by Gasteiger charge is -2.06. The lowest BCUT2D eigenvalue weighted by Crippen LogP contribution is -2.24. The maximum absolute atomic E-state index is 13.4. The second-order valence-electron chi connectivity index (χ2n) is 3.75. The molecule has 0 saturated carbocycles. The molecule has 0 spiro atoms. The first-order chi connectivity index (χ1) is 8.95. The number of amides is 1. The van der Waals surface area contributed by atoms with Gasteiger partial charge in [-0.1, -0.05) is 0 Å². The molecule has 104 valence electrons. The predicted molar refractivity (Wildman–Crippen MR) is 63.4 cm³/mol. The maximum Gasteiger partial charge on any atom is 0.305 e. The van der Waals surface area contributed by atoms with E-state index in [1.165, 1.54) is 7.05 Å². The van der Waals surface area contributed by atoms with Crippen LogP contribution in [-0.4, -0.2) is 24.4 Å². The van der Waals surface area contributed by atoms with Gasteiger partial charge in [-0.3, -0.25) is 14.9 Å². The first-order valence-electron chi connectivity index (χ1n) is 5.49. The van der Waals surface area contributed by atoms with Crippen LogP contribution in [-0.2, 0) is 11.3 Å². The van der Waals surface area contributed by atoms with E-state index < -0.39 is 22.2 Å². The Bertz CT molecular complexity index is 494. The fraction of sp³-hybridized carbons (Fsp3) is 0.364. The highest BCUT2D eigenvalue weighted by Gasteiger charge is 2.18. The highest BCUT2D eigenvalue weighted by atomic mass is 19.1. The lowest BCUT2D eigenvalue weighted by atomic mass is 10.1. The lowest BCUT2D eigenvalue weighted by molar-refractivity contribution is -0.387. The van der Waals surface area contributed by atoms with Crippen LogP contribution in [0.5, 0.6) is 0 Å². The van der Waals surface area contributed by atoms with E-state index in [1.54, 1.807) is 0 Å². The van der Waals surface area contributed by atoms with Gasteiger partial charge in [-0.2, -0.15) is 4.39 Å². The molecular weight excluding hydrogens is 260 g/mol. The molecule has 0 heterocycles. The van der Waals surface area contributed by atoms with Gasteiger partial charge in [0.2, 0.25) is 11.7 Å². The third kappa shape index (κ3) is 4.25. The number of benzene rings is 1. The average Bonchev–Trinajstić information content (AvgIpc) is 2.35. The summed E-state index contributed by atoms with van der Waals surface area (Å²) in [6.45, 7) is 0.258. The first kappa shape index (κ1) is 15.0. The normalized spacial score (nSPS) is 10.3. The van der Waals surface area contributed by atoms with E-state index in [1.807, 2.05) is 0 Å². The zero-order chi connectivity index (χ0) is 14.4. The molecule has 0 aromatic heterocycles. The average molecular weight is 273 g/mol. The number of nitrogens with one attached hydrogen (secondary N) is 2. The van der Waals surface area contributed by atoms with Gasteiger partial charge in [-0.25, -0.2) is 4.39 Å². The third-order valence-electron chi connectivity index (χ3n) is 2.44. The summed E-state index contributed by atoms with van der Waals surface area (Å²) >= 11 is 0. The number of nitro groups is 1. The van der Waals surface area contributed by atoms with Gasteiger partial charge in [0.15, 0.2) is 0 Å². The van der Waals surface area contributed by atoms with Gasteiger partial charge in [0.05, 0.1) is 4.92 Å². The highest BCUT2D eigenvalue weighted by molar-refractivity contribution is 5.75. The quantitative estimate of drug-likeness (QED) is 0.462. The van der Waals surface area contributed by atoms with Crippen molar-refractivity contribution in [2.24, 2.45) is 0 Å². The molecule has 0 radical (unpaired) electrons. The smallest absolute Gasteiger partial charge is 0.305 e. The van der Waals surface area contributed by atoms with Crippen LogP contribution in [0, 0.1) is 21.7 Å². The number of nitrogens with zero attached hydrogens (tertiary/aromatic N) is 1. The van der Waals surface area contributed by atoms with Crippen LogP contribution in [0.1, 0.15) is 12.0 Å². The highest BCUT2D eigenvalue weighted by Crippen LogP contribution is 2.21. The summed E-state index contributed by atoms with van der Waals surface area (Å²) in [6, 6.07) is 1.32. The Hall–Kier alpha value is -2.09. The Balaban J connectivity index is 2.65. The molecule has 6 nitrogen and oxygen atoms in total. The fourth-order valence-corrected chi connectivity index (χ4v) is 1.41. The van der Waals surface area contributed by atoms with Crippen molar-refractivity contribution in [3.8, 4) is 0 Å². The summed E-state index contributed by atoms with van der Waals surface area (Å²) < 4.78 is 26.4. The number of rotatable bonds is 6. The molecule has 19 heavy (non-hydrogen) atoms. The van der Waals surface area contributed by atoms with Crippen LogP contribution in [0.25, 0.3) is 0 Å². The fourth-order valence-electron chi connectivity index (χ4n) is 1.41. The minimum absolute atomic E-state index is 0.0231. The van der Waals surface area contributed by atoms with Gasteiger partial charge in [0, 0.05) is 44.3 Å². The maximum atomic E-state index is 13.4. The molecule has 1 rings (SSSR count). The standard InChI is InChI=1S/C11H13F2N3O3/c1-14-11(17)2-3-15-6-7-4-10(16(18)19)9(13)5-8(7)12/h4-5,15H,2-3,6H2,1H3,(H,14,17). The van der Waals surface area contributed by atoms with Crippen LogP contribution >= 0.6 is 0 Å². The largest absolute Gasteiger partial charge is 0.359 e. The molecule has 0 atom stereocenters. The molecule has 1 aromatic carbocycles. The summed E-state index contributed by atoms with van der Waals surface area (Å²) in [7, 11) is 1.49. The Morgan fingerprint density at radius 3 is 2.63 bits per heavy atom. The van der Waals surface area contributed by atoms with E-state index in [-0.39, 0.29) is 31.0 Å². The van der Waals surface area contributed by atoms with Crippen molar-refractivity contribution < 1.29 is 18.5 Å². The molecule has 0 aliphatic heterocycles. The Labute approximate surface area is 108 Å². The molecule has 0 unspecified atom stereocenters. The molecule has 8 heteroatoms. The molecule has 0 saturated heterocycles. The first-order valence-corrected chi connectivity index (χ1v) is 5.49. The monoisotopic (exact) mass is 273 g/mol. The van der Waals surface area contributed by atoms with Crippen LogP contribution in [0.4, 0.5) is 14.5 Å². The molecule has 0 fully saturated rings. The van der Waals surface area contributed by atoms with Crippen molar-refractivity contribution in [3.05, 3.63) is 39.4 Å². The van der Waals surface area contributed by atoms with Crippen molar-refractivity contribution in [2.45, 2.75) is 13.0 Å². The molecule has 1 amide bonds. The Morgan fingerprint density at radius 1 is 1.37 bits per heavy atom. The minimum Gasteiger partial charge on any atom is -0.359 e.